The minimum Gasteiger partial charge on any atom is -0.480 e. The van der Waals surface area contributed by atoms with Crippen LogP contribution >= 0.6 is 0 Å². The largest absolute Gasteiger partial charge is 0.480 e. The summed E-state index contributed by atoms with van der Waals surface area (Å²) in [6.07, 6.45) is 8.52. The summed E-state index contributed by atoms with van der Waals surface area (Å²) in [6.45, 7) is 3.52. The van der Waals surface area contributed by atoms with E-state index in [1.54, 1.807) is 12.4 Å². The number of nitrogens with zero attached hydrogens (tertiary/aromatic N) is 3. The van der Waals surface area contributed by atoms with Gasteiger partial charge in [-0.3, -0.25) is 9.98 Å². The monoisotopic (exact) mass is 441 g/mol. The number of ether oxygens (including phenoxy) is 1. The number of hydrogen-bond donors (Lipinski definition) is 1. The zero-order valence-corrected chi connectivity index (χ0v) is 18.8. The van der Waals surface area contributed by atoms with Crippen LogP contribution in [0, 0.1) is 0 Å². The van der Waals surface area contributed by atoms with Crippen LogP contribution in [0.25, 0.3) is 22.5 Å². The van der Waals surface area contributed by atoms with Gasteiger partial charge in [0.1, 0.15) is 17.7 Å². The van der Waals surface area contributed by atoms with Crippen molar-refractivity contribution in [1.82, 2.24) is 9.97 Å². The van der Waals surface area contributed by atoms with Crippen molar-refractivity contribution in [2.75, 3.05) is 6.61 Å². The van der Waals surface area contributed by atoms with E-state index in [0.717, 1.165) is 23.2 Å². The summed E-state index contributed by atoms with van der Waals surface area (Å²) >= 11 is 0. The number of hydrogen-bond acceptors (Lipinski definition) is 5. The molecule has 0 fully saturated rings. The van der Waals surface area contributed by atoms with E-state index in [2.05, 4.69) is 4.99 Å². The summed E-state index contributed by atoms with van der Waals surface area (Å²) in [4.78, 5) is 26.1. The van der Waals surface area contributed by atoms with Gasteiger partial charge < -0.3 is 9.84 Å². The molecule has 33 heavy (non-hydrogen) atoms. The normalized spacial score (nSPS) is 18.8. The van der Waals surface area contributed by atoms with Crippen molar-refractivity contribution in [2.45, 2.75) is 37.8 Å². The zero-order chi connectivity index (χ0) is 23.3. The maximum absolute atomic E-state index is 11.5. The molecule has 4 rings (SSSR count). The fraction of sp³-hybridized carbons (Fsp3) is 0.259. The molecule has 1 aliphatic rings. The van der Waals surface area contributed by atoms with Crippen LogP contribution in [0.4, 0.5) is 0 Å². The summed E-state index contributed by atoms with van der Waals surface area (Å²) in [5.74, 6) is -1.04. The lowest BCUT2D eigenvalue weighted by Crippen LogP contribution is -2.50. The van der Waals surface area contributed by atoms with Gasteiger partial charge in [0, 0.05) is 17.3 Å². The van der Waals surface area contributed by atoms with Crippen LogP contribution in [-0.4, -0.2) is 39.4 Å². The number of aliphatic carboxylic acids is 1. The molecule has 2 atom stereocenters. The van der Waals surface area contributed by atoms with Crippen molar-refractivity contribution in [2.24, 2.45) is 4.99 Å². The van der Waals surface area contributed by atoms with Gasteiger partial charge in [0.05, 0.1) is 23.3 Å². The summed E-state index contributed by atoms with van der Waals surface area (Å²) in [6, 6.07) is 19.8. The Bertz CT molecular complexity index is 1160. The molecule has 1 aliphatic heterocycles. The maximum atomic E-state index is 11.5. The van der Waals surface area contributed by atoms with Gasteiger partial charge >= 0.3 is 5.97 Å². The van der Waals surface area contributed by atoms with Crippen molar-refractivity contribution in [1.29, 1.82) is 0 Å². The second-order valence-electron chi connectivity index (χ2n) is 8.23. The van der Waals surface area contributed by atoms with Gasteiger partial charge in [-0.2, -0.15) is 0 Å². The van der Waals surface area contributed by atoms with Crippen LogP contribution in [0.5, 0.6) is 0 Å². The standard InChI is InChI=1S/C27H27N3O3/c1-3-15-27(33-19-23(31)32,26(2)16-10-17-29-26)22-18-28-24(20-11-6-4-7-12-20)25(30-22)21-13-8-5-9-14-21/h4-14,16-18H,3,15,19H2,1-2H3,(H,31,32). The Morgan fingerprint density at radius 2 is 1.67 bits per heavy atom. The summed E-state index contributed by atoms with van der Waals surface area (Å²) in [5.41, 5.74) is 2.01. The molecule has 0 radical (unpaired) electrons. The van der Waals surface area contributed by atoms with Crippen molar-refractivity contribution < 1.29 is 14.6 Å². The molecular weight excluding hydrogens is 414 g/mol. The molecule has 168 valence electrons. The van der Waals surface area contributed by atoms with E-state index in [0.29, 0.717) is 17.8 Å². The molecule has 3 aromatic rings. The molecule has 0 saturated carbocycles. The average molecular weight is 442 g/mol. The van der Waals surface area contributed by atoms with Crippen molar-refractivity contribution in [3.8, 4) is 22.5 Å². The van der Waals surface area contributed by atoms with Crippen LogP contribution in [0.3, 0.4) is 0 Å². The van der Waals surface area contributed by atoms with E-state index in [1.807, 2.05) is 86.7 Å². The van der Waals surface area contributed by atoms with E-state index in [-0.39, 0.29) is 0 Å². The molecular formula is C27H27N3O3. The first-order valence-electron chi connectivity index (χ1n) is 11.1. The lowest BCUT2D eigenvalue weighted by atomic mass is 9.76. The number of carbonyl (C=O) groups is 1. The van der Waals surface area contributed by atoms with Crippen LogP contribution in [0.2, 0.25) is 0 Å². The fourth-order valence-corrected chi connectivity index (χ4v) is 4.37. The smallest absolute Gasteiger partial charge is 0.329 e. The van der Waals surface area contributed by atoms with Crippen LogP contribution < -0.4 is 0 Å². The zero-order valence-electron chi connectivity index (χ0n) is 18.8. The van der Waals surface area contributed by atoms with Gasteiger partial charge in [-0.1, -0.05) is 80.1 Å². The van der Waals surface area contributed by atoms with E-state index < -0.39 is 23.7 Å². The highest BCUT2D eigenvalue weighted by molar-refractivity contribution is 5.78. The van der Waals surface area contributed by atoms with Gasteiger partial charge in [-0.15, -0.1) is 0 Å². The summed E-state index contributed by atoms with van der Waals surface area (Å²) < 4.78 is 6.17. The van der Waals surface area contributed by atoms with Gasteiger partial charge in [-0.05, 0) is 19.4 Å². The first kappa shape index (κ1) is 22.6. The van der Waals surface area contributed by atoms with Crippen molar-refractivity contribution in [3.63, 3.8) is 0 Å². The fourth-order valence-electron chi connectivity index (χ4n) is 4.37. The number of aromatic nitrogens is 2. The Labute approximate surface area is 193 Å². The lowest BCUT2D eigenvalue weighted by molar-refractivity contribution is -0.156. The highest BCUT2D eigenvalue weighted by Crippen LogP contribution is 2.45. The predicted molar refractivity (Wildman–Crippen MR) is 129 cm³/mol. The lowest BCUT2D eigenvalue weighted by Gasteiger charge is -2.43. The van der Waals surface area contributed by atoms with Crippen molar-refractivity contribution >= 4 is 12.2 Å². The molecule has 0 bridgehead atoms. The van der Waals surface area contributed by atoms with E-state index in [9.17, 15) is 9.90 Å². The molecule has 2 aromatic carbocycles. The Balaban J connectivity index is 1.95. The van der Waals surface area contributed by atoms with Crippen LogP contribution in [0.15, 0.2) is 84.0 Å². The Morgan fingerprint density at radius 1 is 1.03 bits per heavy atom. The molecule has 1 aromatic heterocycles. The second-order valence-corrected chi connectivity index (χ2v) is 8.23. The molecule has 2 unspecified atom stereocenters. The molecule has 6 nitrogen and oxygen atoms in total. The number of allylic oxidation sites excluding steroid dienone is 1. The first-order chi connectivity index (χ1) is 16.0. The minimum absolute atomic E-state index is 0.457. The number of carboxylic acid groups (broad SMARTS) is 1. The Kier molecular flexibility index (Phi) is 6.47. The topological polar surface area (TPSA) is 84.7 Å². The number of rotatable bonds is 9. The van der Waals surface area contributed by atoms with Gasteiger partial charge in [0.2, 0.25) is 0 Å². The Morgan fingerprint density at radius 3 is 2.21 bits per heavy atom. The van der Waals surface area contributed by atoms with Gasteiger partial charge in [0.15, 0.2) is 0 Å². The third-order valence-electron chi connectivity index (χ3n) is 5.99. The quantitative estimate of drug-likeness (QED) is 0.487. The molecule has 0 aliphatic carbocycles. The minimum atomic E-state index is -1.09. The molecule has 2 heterocycles. The van der Waals surface area contributed by atoms with Gasteiger partial charge in [0.25, 0.3) is 0 Å². The number of carboxylic acids is 1. The number of aliphatic imine (C=N–C) groups is 1. The van der Waals surface area contributed by atoms with Gasteiger partial charge in [-0.25, -0.2) is 9.78 Å². The first-order valence-corrected chi connectivity index (χ1v) is 11.1. The number of benzene rings is 2. The molecule has 6 heteroatoms. The molecule has 0 saturated heterocycles. The molecule has 1 N–H and O–H groups in total. The van der Waals surface area contributed by atoms with E-state index in [1.165, 1.54) is 0 Å². The van der Waals surface area contributed by atoms with Crippen LogP contribution in [0.1, 0.15) is 32.4 Å². The van der Waals surface area contributed by atoms with Crippen LogP contribution in [-0.2, 0) is 15.1 Å². The highest BCUT2D eigenvalue weighted by Gasteiger charge is 2.51. The van der Waals surface area contributed by atoms with E-state index in [4.69, 9.17) is 14.7 Å². The van der Waals surface area contributed by atoms with E-state index >= 15 is 0 Å². The second kappa shape index (κ2) is 9.46. The summed E-state index contributed by atoms with van der Waals surface area (Å²) in [5, 5.41) is 9.43. The summed E-state index contributed by atoms with van der Waals surface area (Å²) in [7, 11) is 0. The third kappa shape index (κ3) is 4.34. The molecule has 0 spiro atoms. The van der Waals surface area contributed by atoms with Crippen molar-refractivity contribution in [3.05, 3.63) is 84.7 Å². The third-order valence-corrected chi connectivity index (χ3v) is 5.99. The predicted octanol–water partition coefficient (Wildman–Crippen LogP) is 5.31. The average Bonchev–Trinajstić information content (AvgIpc) is 3.30. The Hall–Kier alpha value is -3.64. The SMILES string of the molecule is CCCC(OCC(=O)O)(c1cnc(-c2ccccc2)c(-c2ccccc2)n1)C1(C)C=CC=N1. The maximum Gasteiger partial charge on any atom is 0.329 e. The molecule has 0 amide bonds. The highest BCUT2D eigenvalue weighted by atomic mass is 16.5.